The Labute approximate surface area is 130 Å². The number of hydrogen-bond acceptors (Lipinski definition) is 5. The molecule has 1 unspecified atom stereocenters. The quantitative estimate of drug-likeness (QED) is 0.511. The number of nitrogens with one attached hydrogen (secondary N) is 1. The van der Waals surface area contributed by atoms with Gasteiger partial charge < -0.3 is 0 Å². The summed E-state index contributed by atoms with van der Waals surface area (Å²) >= 11 is 1.35. The van der Waals surface area contributed by atoms with Crippen molar-refractivity contribution in [2.24, 2.45) is 17.2 Å². The van der Waals surface area contributed by atoms with Gasteiger partial charge in [0.2, 0.25) is 0 Å². The summed E-state index contributed by atoms with van der Waals surface area (Å²) in [6.45, 7) is 10.1. The third-order valence-electron chi connectivity index (χ3n) is 4.31. The molecule has 2 rings (SSSR count). The zero-order chi connectivity index (χ0) is 15.5. The van der Waals surface area contributed by atoms with E-state index in [2.05, 4.69) is 36.1 Å². The summed E-state index contributed by atoms with van der Waals surface area (Å²) in [6.07, 6.45) is 3.78. The molecule has 1 saturated heterocycles. The van der Waals surface area contributed by atoms with Crippen molar-refractivity contribution in [3.63, 3.8) is 0 Å². The average molecular weight is 310 g/mol. The lowest BCUT2D eigenvalue weighted by Gasteiger charge is -2.29. The van der Waals surface area contributed by atoms with Crippen LogP contribution in [0.15, 0.2) is 5.38 Å². The molecule has 1 aliphatic heterocycles. The van der Waals surface area contributed by atoms with Crippen LogP contribution in [0.1, 0.15) is 55.5 Å². The van der Waals surface area contributed by atoms with E-state index >= 15 is 0 Å². The molecule has 0 aromatic carbocycles. The van der Waals surface area contributed by atoms with Gasteiger partial charge in [0.15, 0.2) is 5.01 Å². The minimum absolute atomic E-state index is 0.310. The molecule has 0 aliphatic carbocycles. The second kappa shape index (κ2) is 6.85. The second-order valence-electron chi connectivity index (χ2n) is 6.89. The first-order chi connectivity index (χ1) is 9.90. The summed E-state index contributed by atoms with van der Waals surface area (Å²) in [6, 6.07) is 0. The van der Waals surface area contributed by atoms with E-state index in [-0.39, 0.29) is 5.91 Å². The van der Waals surface area contributed by atoms with Crippen molar-refractivity contribution in [1.82, 2.24) is 15.3 Å². The summed E-state index contributed by atoms with van der Waals surface area (Å²) in [5.74, 6) is 5.61. The zero-order valence-corrected chi connectivity index (χ0v) is 14.0. The molecule has 1 fully saturated rings. The topological polar surface area (TPSA) is 71.2 Å². The van der Waals surface area contributed by atoms with Crippen LogP contribution in [0.4, 0.5) is 0 Å². The summed E-state index contributed by atoms with van der Waals surface area (Å²) in [4.78, 5) is 18.2. The molecule has 1 aromatic rings. The molecular formula is C15H26N4OS. The first-order valence-electron chi connectivity index (χ1n) is 7.58. The maximum atomic E-state index is 11.4. The molecule has 118 valence electrons. The standard InChI is InChI=1S/C15H26N4OS/c1-15(2,3)11-5-4-7-19(8-6-11)9-12-10-21-14(17-12)13(20)18-16/h10-11H,4-9,16H2,1-3H3,(H,18,20). The summed E-state index contributed by atoms with van der Waals surface area (Å²) in [5, 5.41) is 2.39. The van der Waals surface area contributed by atoms with Gasteiger partial charge in [-0.25, -0.2) is 10.8 Å². The van der Waals surface area contributed by atoms with Crippen molar-refractivity contribution in [3.8, 4) is 0 Å². The monoisotopic (exact) mass is 310 g/mol. The van der Waals surface area contributed by atoms with Gasteiger partial charge in [0.25, 0.3) is 5.91 Å². The van der Waals surface area contributed by atoms with Gasteiger partial charge in [-0.2, -0.15) is 0 Å². The zero-order valence-electron chi connectivity index (χ0n) is 13.2. The number of carbonyl (C=O) groups is 1. The van der Waals surface area contributed by atoms with Crippen LogP contribution in [-0.2, 0) is 6.54 Å². The molecule has 1 amide bonds. The number of aromatic nitrogens is 1. The van der Waals surface area contributed by atoms with Gasteiger partial charge in [0.05, 0.1) is 5.69 Å². The Morgan fingerprint density at radius 2 is 2.24 bits per heavy atom. The number of rotatable bonds is 3. The number of hydrogen-bond donors (Lipinski definition) is 2. The Balaban J connectivity index is 1.92. The maximum Gasteiger partial charge on any atom is 0.294 e. The minimum atomic E-state index is -0.310. The number of nitrogens with zero attached hydrogens (tertiary/aromatic N) is 2. The van der Waals surface area contributed by atoms with Gasteiger partial charge in [0, 0.05) is 11.9 Å². The third-order valence-corrected chi connectivity index (χ3v) is 5.20. The van der Waals surface area contributed by atoms with E-state index in [1.807, 2.05) is 5.38 Å². The molecule has 0 spiro atoms. The fourth-order valence-electron chi connectivity index (χ4n) is 2.95. The predicted octanol–water partition coefficient (Wildman–Crippen LogP) is 2.39. The van der Waals surface area contributed by atoms with Gasteiger partial charge in [-0.05, 0) is 43.7 Å². The average Bonchev–Trinajstić information content (AvgIpc) is 2.74. The third kappa shape index (κ3) is 4.49. The highest BCUT2D eigenvalue weighted by Crippen LogP contribution is 2.34. The van der Waals surface area contributed by atoms with Crippen LogP contribution >= 0.6 is 11.3 Å². The highest BCUT2D eigenvalue weighted by atomic mass is 32.1. The van der Waals surface area contributed by atoms with Crippen LogP contribution in [0.5, 0.6) is 0 Å². The lowest BCUT2D eigenvalue weighted by atomic mass is 9.77. The molecule has 5 nitrogen and oxygen atoms in total. The van der Waals surface area contributed by atoms with Crippen molar-refractivity contribution in [3.05, 3.63) is 16.1 Å². The normalized spacial score (nSPS) is 21.0. The fourth-order valence-corrected chi connectivity index (χ4v) is 3.67. The number of carbonyl (C=O) groups excluding carboxylic acids is 1. The molecule has 0 saturated carbocycles. The van der Waals surface area contributed by atoms with Crippen molar-refractivity contribution >= 4 is 17.2 Å². The fraction of sp³-hybridized carbons (Fsp3) is 0.733. The Hall–Kier alpha value is -0.980. The van der Waals surface area contributed by atoms with Crippen molar-refractivity contribution in [1.29, 1.82) is 0 Å². The Morgan fingerprint density at radius 3 is 2.90 bits per heavy atom. The number of likely N-dealkylation sites (tertiary alicyclic amines) is 1. The number of nitrogen functional groups attached to an aromatic ring is 1. The molecule has 21 heavy (non-hydrogen) atoms. The van der Waals surface area contributed by atoms with Crippen LogP contribution in [-0.4, -0.2) is 28.9 Å². The SMILES string of the molecule is CC(C)(C)C1CCCN(Cc2csc(C(=O)NN)n2)CC1. The molecule has 1 atom stereocenters. The van der Waals surface area contributed by atoms with E-state index in [4.69, 9.17) is 5.84 Å². The molecular weight excluding hydrogens is 284 g/mol. The molecule has 0 radical (unpaired) electrons. The number of amides is 1. The van der Waals surface area contributed by atoms with Crippen LogP contribution in [0.3, 0.4) is 0 Å². The van der Waals surface area contributed by atoms with E-state index in [9.17, 15) is 4.79 Å². The number of nitrogens with two attached hydrogens (primary N) is 1. The maximum absolute atomic E-state index is 11.4. The molecule has 1 aromatic heterocycles. The predicted molar refractivity (Wildman–Crippen MR) is 85.8 cm³/mol. The van der Waals surface area contributed by atoms with Crippen molar-refractivity contribution in [2.45, 2.75) is 46.6 Å². The van der Waals surface area contributed by atoms with Crippen LogP contribution < -0.4 is 11.3 Å². The van der Waals surface area contributed by atoms with Gasteiger partial charge in [-0.15, -0.1) is 11.3 Å². The van der Waals surface area contributed by atoms with Crippen LogP contribution in [0, 0.1) is 11.3 Å². The van der Waals surface area contributed by atoms with Gasteiger partial charge in [-0.3, -0.25) is 15.1 Å². The highest BCUT2D eigenvalue weighted by molar-refractivity contribution is 7.11. The molecule has 6 heteroatoms. The van der Waals surface area contributed by atoms with E-state index in [0.717, 1.165) is 31.2 Å². The van der Waals surface area contributed by atoms with Gasteiger partial charge in [-0.1, -0.05) is 20.8 Å². The lowest BCUT2D eigenvalue weighted by Crippen LogP contribution is -2.30. The van der Waals surface area contributed by atoms with Gasteiger partial charge >= 0.3 is 0 Å². The van der Waals surface area contributed by atoms with E-state index in [1.54, 1.807) is 0 Å². The molecule has 2 heterocycles. The Kier molecular flexibility index (Phi) is 5.35. The van der Waals surface area contributed by atoms with E-state index in [0.29, 0.717) is 10.4 Å². The minimum Gasteiger partial charge on any atom is -0.297 e. The Bertz CT molecular complexity index is 480. The second-order valence-corrected chi connectivity index (χ2v) is 7.75. The van der Waals surface area contributed by atoms with E-state index in [1.165, 1.54) is 30.6 Å². The van der Waals surface area contributed by atoms with Crippen LogP contribution in [0.2, 0.25) is 0 Å². The summed E-state index contributed by atoms with van der Waals surface area (Å²) in [5.41, 5.74) is 3.48. The largest absolute Gasteiger partial charge is 0.297 e. The Morgan fingerprint density at radius 1 is 1.48 bits per heavy atom. The molecule has 0 bridgehead atoms. The van der Waals surface area contributed by atoms with Gasteiger partial charge in [0.1, 0.15) is 0 Å². The van der Waals surface area contributed by atoms with Crippen LogP contribution in [0.25, 0.3) is 0 Å². The lowest BCUT2D eigenvalue weighted by molar-refractivity contribution is 0.0953. The first kappa shape index (κ1) is 16.4. The van der Waals surface area contributed by atoms with Crippen molar-refractivity contribution in [2.75, 3.05) is 13.1 Å². The number of thiazole rings is 1. The summed E-state index contributed by atoms with van der Waals surface area (Å²) in [7, 11) is 0. The highest BCUT2D eigenvalue weighted by Gasteiger charge is 2.27. The summed E-state index contributed by atoms with van der Waals surface area (Å²) < 4.78 is 0. The van der Waals surface area contributed by atoms with Crippen molar-refractivity contribution < 1.29 is 4.79 Å². The molecule has 3 N–H and O–H groups in total. The van der Waals surface area contributed by atoms with E-state index < -0.39 is 0 Å². The number of hydrazine groups is 1. The smallest absolute Gasteiger partial charge is 0.294 e. The molecule has 1 aliphatic rings. The first-order valence-corrected chi connectivity index (χ1v) is 8.46.